The van der Waals surface area contributed by atoms with Gasteiger partial charge in [0.15, 0.2) is 0 Å². The molecule has 0 spiro atoms. The molecular formula is C9H14N4O2. The zero-order valence-corrected chi connectivity index (χ0v) is 8.76. The summed E-state index contributed by atoms with van der Waals surface area (Å²) in [5.41, 5.74) is 3.01. The molecule has 4 N–H and O–H groups in total. The average Bonchev–Trinajstić information content (AvgIpc) is 2.15. The Hall–Kier alpha value is -1.69. The Balaban J connectivity index is 2.86. The summed E-state index contributed by atoms with van der Waals surface area (Å²) in [5.74, 6) is 5.21. The number of H-pyrrole nitrogens is 1. The lowest BCUT2D eigenvalue weighted by molar-refractivity contribution is -0.121. The van der Waals surface area contributed by atoms with Gasteiger partial charge in [0.1, 0.15) is 5.82 Å². The Kier molecular flexibility index (Phi) is 3.56. The first-order valence-corrected chi connectivity index (χ1v) is 4.60. The Morgan fingerprint density at radius 2 is 2.20 bits per heavy atom. The third-order valence-corrected chi connectivity index (χ3v) is 2.10. The maximum absolute atomic E-state index is 11.5. The summed E-state index contributed by atoms with van der Waals surface area (Å²) in [6.07, 6.45) is 0.530. The molecule has 0 aromatic carbocycles. The molecule has 0 aliphatic rings. The molecule has 6 nitrogen and oxygen atoms in total. The topological polar surface area (TPSA) is 101 Å². The van der Waals surface area contributed by atoms with Crippen molar-refractivity contribution in [1.29, 1.82) is 0 Å². The van der Waals surface area contributed by atoms with E-state index in [2.05, 4.69) is 9.97 Å². The fourth-order valence-electron chi connectivity index (χ4n) is 1.36. The van der Waals surface area contributed by atoms with Gasteiger partial charge < -0.3 is 4.98 Å². The van der Waals surface area contributed by atoms with Crippen molar-refractivity contribution in [2.24, 2.45) is 5.84 Å². The zero-order valence-electron chi connectivity index (χ0n) is 8.76. The largest absolute Gasteiger partial charge is 0.311 e. The Morgan fingerprint density at radius 1 is 1.53 bits per heavy atom. The lowest BCUT2D eigenvalue weighted by Crippen LogP contribution is -2.31. The van der Waals surface area contributed by atoms with Gasteiger partial charge in [0.25, 0.3) is 5.56 Å². The number of rotatable bonds is 3. The molecule has 1 aromatic heterocycles. The van der Waals surface area contributed by atoms with Gasteiger partial charge in [-0.3, -0.25) is 15.0 Å². The number of carbonyl (C=O) groups excluding carboxylic acids is 1. The number of nitrogens with one attached hydrogen (secondary N) is 2. The summed E-state index contributed by atoms with van der Waals surface area (Å²) in [7, 11) is 0. The highest BCUT2D eigenvalue weighted by Crippen LogP contribution is 2.01. The normalized spacial score (nSPS) is 10.1. The molecule has 1 aromatic rings. The maximum Gasteiger partial charge on any atom is 0.254 e. The van der Waals surface area contributed by atoms with E-state index >= 15 is 0 Å². The molecule has 0 radical (unpaired) electrons. The number of amides is 1. The summed E-state index contributed by atoms with van der Waals surface area (Å²) in [6.45, 7) is 3.46. The van der Waals surface area contributed by atoms with Crippen LogP contribution in [0.15, 0.2) is 4.79 Å². The van der Waals surface area contributed by atoms with E-state index in [1.807, 2.05) is 5.43 Å². The van der Waals surface area contributed by atoms with Gasteiger partial charge in [-0.2, -0.15) is 0 Å². The Labute approximate surface area is 86.9 Å². The first-order valence-electron chi connectivity index (χ1n) is 4.60. The van der Waals surface area contributed by atoms with Crippen LogP contribution in [0.5, 0.6) is 0 Å². The van der Waals surface area contributed by atoms with Crippen LogP contribution in [-0.4, -0.2) is 15.9 Å². The summed E-state index contributed by atoms with van der Waals surface area (Å²) >= 11 is 0. The van der Waals surface area contributed by atoms with Crippen LogP contribution in [0.1, 0.15) is 23.5 Å². The predicted octanol–water partition coefficient (Wildman–Crippen LogP) is -0.691. The second-order valence-electron chi connectivity index (χ2n) is 3.28. The van der Waals surface area contributed by atoms with Crippen LogP contribution in [0.3, 0.4) is 0 Å². The van der Waals surface area contributed by atoms with Crippen LogP contribution < -0.4 is 16.8 Å². The van der Waals surface area contributed by atoms with E-state index < -0.39 is 0 Å². The molecule has 82 valence electrons. The minimum Gasteiger partial charge on any atom is -0.311 e. The molecule has 0 saturated heterocycles. The van der Waals surface area contributed by atoms with Gasteiger partial charge in [0.2, 0.25) is 5.91 Å². The van der Waals surface area contributed by atoms with Gasteiger partial charge in [-0.15, -0.1) is 0 Å². The molecule has 0 aliphatic carbocycles. The van der Waals surface area contributed by atoms with Gasteiger partial charge in [0.05, 0.1) is 0 Å². The molecule has 0 unspecified atom stereocenters. The first kappa shape index (κ1) is 11.4. The van der Waals surface area contributed by atoms with Crippen molar-refractivity contribution in [2.45, 2.75) is 26.7 Å². The molecule has 0 aliphatic heterocycles. The highest BCUT2D eigenvalue weighted by Gasteiger charge is 2.08. The van der Waals surface area contributed by atoms with Gasteiger partial charge in [0, 0.05) is 17.7 Å². The quantitative estimate of drug-likeness (QED) is 0.349. The third-order valence-electron chi connectivity index (χ3n) is 2.10. The second kappa shape index (κ2) is 4.70. The van der Waals surface area contributed by atoms with Crippen molar-refractivity contribution in [1.82, 2.24) is 15.4 Å². The SMILES string of the molecule is Cc1nc(C)c(CCC(=O)NN)c(=O)[nH]1. The zero-order chi connectivity index (χ0) is 11.4. The fourth-order valence-corrected chi connectivity index (χ4v) is 1.36. The summed E-state index contributed by atoms with van der Waals surface area (Å²) in [5, 5.41) is 0. The van der Waals surface area contributed by atoms with Crippen LogP contribution in [0.4, 0.5) is 0 Å². The molecule has 0 atom stereocenters. The Morgan fingerprint density at radius 3 is 2.73 bits per heavy atom. The standard InChI is InChI=1S/C9H14N4O2/c1-5-7(3-4-8(14)13-10)9(15)12-6(2)11-5/h3-4,10H2,1-2H3,(H,13,14)(H,11,12,15). The number of nitrogens with two attached hydrogens (primary N) is 1. The van der Waals surface area contributed by atoms with Crippen LogP contribution in [-0.2, 0) is 11.2 Å². The predicted molar refractivity (Wildman–Crippen MR) is 55.0 cm³/mol. The van der Waals surface area contributed by atoms with Crippen LogP contribution >= 0.6 is 0 Å². The second-order valence-corrected chi connectivity index (χ2v) is 3.28. The molecule has 15 heavy (non-hydrogen) atoms. The molecule has 1 heterocycles. The van der Waals surface area contributed by atoms with Crippen LogP contribution in [0.25, 0.3) is 0 Å². The van der Waals surface area contributed by atoms with Crippen molar-refractivity contribution in [2.75, 3.05) is 0 Å². The number of aromatic amines is 1. The minimum atomic E-state index is -0.297. The minimum absolute atomic E-state index is 0.186. The van der Waals surface area contributed by atoms with Crippen molar-refractivity contribution < 1.29 is 4.79 Å². The van der Waals surface area contributed by atoms with E-state index in [1.165, 1.54) is 0 Å². The van der Waals surface area contributed by atoms with E-state index in [0.717, 1.165) is 0 Å². The molecule has 0 fully saturated rings. The maximum atomic E-state index is 11.5. The molecule has 6 heteroatoms. The molecule has 1 amide bonds. The highest BCUT2D eigenvalue weighted by atomic mass is 16.2. The smallest absolute Gasteiger partial charge is 0.254 e. The van der Waals surface area contributed by atoms with Crippen LogP contribution in [0, 0.1) is 13.8 Å². The lowest BCUT2D eigenvalue weighted by atomic mass is 10.1. The van der Waals surface area contributed by atoms with Crippen molar-refractivity contribution in [3.8, 4) is 0 Å². The number of hydrazine groups is 1. The van der Waals surface area contributed by atoms with Gasteiger partial charge in [-0.1, -0.05) is 0 Å². The number of carbonyl (C=O) groups is 1. The van der Waals surface area contributed by atoms with E-state index in [-0.39, 0.29) is 17.9 Å². The highest BCUT2D eigenvalue weighted by molar-refractivity contribution is 5.75. The number of aromatic nitrogens is 2. The Bertz CT molecular complexity index is 425. The van der Waals surface area contributed by atoms with Crippen molar-refractivity contribution in [3.05, 3.63) is 27.4 Å². The number of hydrogen-bond acceptors (Lipinski definition) is 4. The fraction of sp³-hybridized carbons (Fsp3) is 0.444. The summed E-state index contributed by atoms with van der Waals surface area (Å²) < 4.78 is 0. The molecule has 0 bridgehead atoms. The number of hydrogen-bond donors (Lipinski definition) is 3. The average molecular weight is 210 g/mol. The number of nitrogens with zero attached hydrogens (tertiary/aromatic N) is 1. The van der Waals surface area contributed by atoms with E-state index in [9.17, 15) is 9.59 Å². The first-order chi connectivity index (χ1) is 7.04. The molecule has 0 saturated carbocycles. The monoisotopic (exact) mass is 210 g/mol. The van der Waals surface area contributed by atoms with Gasteiger partial charge in [-0.25, -0.2) is 10.8 Å². The van der Waals surface area contributed by atoms with E-state index in [1.54, 1.807) is 13.8 Å². The molecular weight excluding hydrogens is 196 g/mol. The van der Waals surface area contributed by atoms with E-state index in [0.29, 0.717) is 23.5 Å². The van der Waals surface area contributed by atoms with Gasteiger partial charge in [-0.05, 0) is 20.3 Å². The lowest BCUT2D eigenvalue weighted by Gasteiger charge is -2.04. The number of aryl methyl sites for hydroxylation is 2. The summed E-state index contributed by atoms with van der Waals surface area (Å²) in [6, 6.07) is 0. The third kappa shape index (κ3) is 2.88. The van der Waals surface area contributed by atoms with Crippen LogP contribution in [0.2, 0.25) is 0 Å². The molecule has 1 rings (SSSR count). The van der Waals surface area contributed by atoms with Crippen molar-refractivity contribution in [3.63, 3.8) is 0 Å². The van der Waals surface area contributed by atoms with E-state index in [4.69, 9.17) is 5.84 Å². The van der Waals surface area contributed by atoms with Gasteiger partial charge >= 0.3 is 0 Å². The van der Waals surface area contributed by atoms with Crippen molar-refractivity contribution >= 4 is 5.91 Å². The summed E-state index contributed by atoms with van der Waals surface area (Å²) in [4.78, 5) is 29.1.